The van der Waals surface area contributed by atoms with Crippen molar-refractivity contribution in [2.45, 2.75) is 11.4 Å². The van der Waals surface area contributed by atoms with E-state index in [4.69, 9.17) is 23.8 Å². The second-order valence-electron chi connectivity index (χ2n) is 10.1. The summed E-state index contributed by atoms with van der Waals surface area (Å²) in [7, 11) is -1.05. The fraction of sp³-hybridized carbons (Fsp3) is 0.125. The summed E-state index contributed by atoms with van der Waals surface area (Å²) in [5, 5.41) is 26.7. The Labute approximate surface area is 293 Å². The molecule has 1 aliphatic heterocycles. The van der Waals surface area contributed by atoms with Gasteiger partial charge in [-0.2, -0.15) is 5.10 Å². The molecule has 0 unspecified atom stereocenters. The van der Waals surface area contributed by atoms with E-state index >= 15 is 0 Å². The van der Waals surface area contributed by atoms with Crippen LogP contribution in [0, 0.1) is 0 Å². The molecule has 0 saturated carbocycles. The van der Waals surface area contributed by atoms with Crippen LogP contribution in [0.3, 0.4) is 0 Å². The van der Waals surface area contributed by atoms with Gasteiger partial charge in [-0.1, -0.05) is 15.9 Å². The van der Waals surface area contributed by atoms with Crippen molar-refractivity contribution < 1.29 is 41.7 Å². The number of halogens is 1. The van der Waals surface area contributed by atoms with E-state index in [2.05, 4.69) is 31.4 Å². The number of nitrogens with zero attached hydrogens (tertiary/aromatic N) is 3. The van der Waals surface area contributed by atoms with Crippen molar-refractivity contribution in [1.29, 1.82) is 0 Å². The van der Waals surface area contributed by atoms with Crippen LogP contribution in [-0.4, -0.2) is 62.4 Å². The van der Waals surface area contributed by atoms with Crippen molar-refractivity contribution in [2.24, 2.45) is 15.3 Å². The molecule has 4 N–H and O–H groups in total. The van der Waals surface area contributed by atoms with Gasteiger partial charge in [0, 0.05) is 21.3 Å². The Kier molecular flexibility index (Phi) is 11.1. The van der Waals surface area contributed by atoms with E-state index in [0.29, 0.717) is 37.7 Å². The molecule has 17 heteroatoms. The molecule has 2 heterocycles. The molecule has 1 aromatic heterocycles. The SMILES string of the molecule is COc1cc(/C=N\N=C2\S/C(=C\c3cc(Br)ccc3OCC(=O)Nc3ccc(S(N)(=O)=O)cc3)C(=O)N2Cc2ccco2)cc(OC)c1O. The van der Waals surface area contributed by atoms with E-state index in [0.717, 1.165) is 11.8 Å². The van der Waals surface area contributed by atoms with Gasteiger partial charge in [-0.05, 0) is 84.6 Å². The second-order valence-corrected chi connectivity index (χ2v) is 13.6. The number of methoxy groups -OCH3 is 2. The number of aromatic hydroxyl groups is 1. The highest BCUT2D eigenvalue weighted by Gasteiger charge is 2.34. The lowest BCUT2D eigenvalue weighted by Crippen LogP contribution is -2.28. The molecule has 254 valence electrons. The van der Waals surface area contributed by atoms with Crippen molar-refractivity contribution in [3.05, 3.63) is 99.3 Å². The van der Waals surface area contributed by atoms with Crippen molar-refractivity contribution >= 4 is 72.7 Å². The largest absolute Gasteiger partial charge is 0.502 e. The number of phenols is 1. The molecular formula is C32H28BrN5O9S2. The number of hydrogen-bond donors (Lipinski definition) is 3. The van der Waals surface area contributed by atoms with Gasteiger partial charge in [-0.25, -0.2) is 13.6 Å². The monoisotopic (exact) mass is 769 g/mol. The van der Waals surface area contributed by atoms with Gasteiger partial charge in [0.25, 0.3) is 11.8 Å². The van der Waals surface area contributed by atoms with Gasteiger partial charge in [0.2, 0.25) is 15.8 Å². The molecule has 5 rings (SSSR count). The maximum atomic E-state index is 13.7. The van der Waals surface area contributed by atoms with E-state index in [9.17, 15) is 23.1 Å². The van der Waals surface area contributed by atoms with E-state index in [1.54, 1.807) is 48.5 Å². The van der Waals surface area contributed by atoms with E-state index < -0.39 is 15.9 Å². The average Bonchev–Trinajstić information content (AvgIpc) is 3.69. The number of amides is 2. The van der Waals surface area contributed by atoms with Crippen LogP contribution in [0.1, 0.15) is 16.9 Å². The van der Waals surface area contributed by atoms with Crippen molar-refractivity contribution in [3.8, 4) is 23.0 Å². The Balaban J connectivity index is 1.36. The number of primary sulfonamides is 1. The lowest BCUT2D eigenvalue weighted by atomic mass is 10.2. The number of benzene rings is 3. The molecule has 0 bridgehead atoms. The standard InChI is InChI=1S/C32H28BrN5O9S2/c1-44-26-12-19(13-27(45-2)30(26)40)16-35-37-32-38(17-23-4-3-11-46-23)31(41)28(48-32)15-20-14-21(33)5-10-25(20)47-18-29(39)36-22-6-8-24(9-7-22)49(34,42)43/h3-16,40H,17-18H2,1-2H3,(H,36,39)(H2,34,42,43)/b28-15-,35-16-,37-32+. The molecule has 1 aliphatic rings. The number of nitrogens with one attached hydrogen (secondary N) is 1. The molecule has 4 aromatic rings. The predicted molar refractivity (Wildman–Crippen MR) is 187 cm³/mol. The molecule has 14 nitrogen and oxygen atoms in total. The summed E-state index contributed by atoms with van der Waals surface area (Å²) in [5.41, 5.74) is 1.38. The number of carbonyl (C=O) groups excluding carboxylic acids is 2. The minimum atomic E-state index is -3.87. The number of anilines is 1. The number of nitrogens with two attached hydrogens (primary N) is 1. The van der Waals surface area contributed by atoms with Crippen LogP contribution in [-0.2, 0) is 26.2 Å². The highest BCUT2D eigenvalue weighted by molar-refractivity contribution is 9.10. The third-order valence-electron chi connectivity index (χ3n) is 6.72. The number of ether oxygens (including phenoxy) is 3. The van der Waals surface area contributed by atoms with Gasteiger partial charge in [0.15, 0.2) is 23.3 Å². The van der Waals surface area contributed by atoms with Gasteiger partial charge in [0.1, 0.15) is 11.5 Å². The summed E-state index contributed by atoms with van der Waals surface area (Å²) in [5.74, 6) is 0.195. The van der Waals surface area contributed by atoms with Crippen LogP contribution in [0.2, 0.25) is 0 Å². The number of hydrogen-bond acceptors (Lipinski definition) is 12. The lowest BCUT2D eigenvalue weighted by Gasteiger charge is -2.13. The minimum Gasteiger partial charge on any atom is -0.502 e. The maximum Gasteiger partial charge on any atom is 0.267 e. The van der Waals surface area contributed by atoms with Gasteiger partial charge in [-0.15, -0.1) is 5.10 Å². The Morgan fingerprint density at radius 1 is 1.08 bits per heavy atom. The highest BCUT2D eigenvalue weighted by atomic mass is 79.9. The molecule has 0 spiro atoms. The van der Waals surface area contributed by atoms with Crippen LogP contribution in [0.5, 0.6) is 23.0 Å². The smallest absolute Gasteiger partial charge is 0.267 e. The summed E-state index contributed by atoms with van der Waals surface area (Å²) in [6, 6.07) is 17.0. The highest BCUT2D eigenvalue weighted by Crippen LogP contribution is 2.38. The van der Waals surface area contributed by atoms with Crippen molar-refractivity contribution in [2.75, 3.05) is 26.1 Å². The Morgan fingerprint density at radius 2 is 1.80 bits per heavy atom. The molecule has 0 atom stereocenters. The zero-order chi connectivity index (χ0) is 35.1. The van der Waals surface area contributed by atoms with Crippen LogP contribution in [0.4, 0.5) is 5.69 Å². The number of amidine groups is 1. The third-order valence-corrected chi connectivity index (χ3v) is 9.14. The zero-order valence-corrected chi connectivity index (χ0v) is 29.0. The maximum absolute atomic E-state index is 13.7. The third kappa shape index (κ3) is 8.88. The Morgan fingerprint density at radius 3 is 2.43 bits per heavy atom. The normalized spacial score (nSPS) is 14.9. The number of phenolic OH excluding ortho intramolecular Hbond substituents is 1. The van der Waals surface area contributed by atoms with Crippen LogP contribution in [0.25, 0.3) is 6.08 Å². The fourth-order valence-corrected chi connectivity index (χ4v) is 6.21. The summed E-state index contributed by atoms with van der Waals surface area (Å²) < 4.78 is 45.4. The Bertz CT molecular complexity index is 2040. The van der Waals surface area contributed by atoms with Crippen molar-refractivity contribution in [3.63, 3.8) is 0 Å². The van der Waals surface area contributed by atoms with Crippen molar-refractivity contribution in [1.82, 2.24) is 4.90 Å². The van der Waals surface area contributed by atoms with E-state index in [-0.39, 0.29) is 46.4 Å². The lowest BCUT2D eigenvalue weighted by molar-refractivity contribution is -0.122. The number of carbonyl (C=O) groups is 2. The fourth-order valence-electron chi connectivity index (χ4n) is 4.39. The molecule has 3 aromatic carbocycles. The molecule has 1 saturated heterocycles. The quantitative estimate of drug-likeness (QED) is 0.101. The molecule has 2 amide bonds. The van der Waals surface area contributed by atoms with Gasteiger partial charge in [0.05, 0.1) is 43.0 Å². The first-order valence-electron chi connectivity index (χ1n) is 14.1. The number of thioether (sulfide) groups is 1. The molecule has 49 heavy (non-hydrogen) atoms. The van der Waals surface area contributed by atoms with E-state index in [1.165, 1.54) is 55.9 Å². The van der Waals surface area contributed by atoms with Gasteiger partial charge in [-0.3, -0.25) is 14.5 Å². The van der Waals surface area contributed by atoms with Crippen LogP contribution < -0.4 is 24.7 Å². The topological polar surface area (TPSA) is 195 Å². The Hall–Kier alpha value is -5.10. The first kappa shape index (κ1) is 35.2. The number of rotatable bonds is 12. The number of furan rings is 1. The minimum absolute atomic E-state index is 0.0879. The predicted octanol–water partition coefficient (Wildman–Crippen LogP) is 4.94. The summed E-state index contributed by atoms with van der Waals surface area (Å²) >= 11 is 4.52. The van der Waals surface area contributed by atoms with Crippen LogP contribution >= 0.6 is 27.7 Å². The van der Waals surface area contributed by atoms with Gasteiger partial charge < -0.3 is 29.1 Å². The second kappa shape index (κ2) is 15.4. The summed E-state index contributed by atoms with van der Waals surface area (Å²) in [6.07, 6.45) is 4.55. The molecule has 1 fully saturated rings. The van der Waals surface area contributed by atoms with E-state index in [1.807, 2.05) is 0 Å². The first-order chi connectivity index (χ1) is 23.4. The molecule has 0 aliphatic carbocycles. The zero-order valence-electron chi connectivity index (χ0n) is 25.8. The molecular weight excluding hydrogens is 742 g/mol. The number of sulfonamides is 1. The van der Waals surface area contributed by atoms with Crippen LogP contribution in [0.15, 0.2) is 102 Å². The average molecular weight is 771 g/mol. The first-order valence-corrected chi connectivity index (χ1v) is 17.3. The summed E-state index contributed by atoms with van der Waals surface area (Å²) in [6.45, 7) is -0.291. The molecule has 0 radical (unpaired) electrons. The summed E-state index contributed by atoms with van der Waals surface area (Å²) in [4.78, 5) is 27.9. The van der Waals surface area contributed by atoms with Gasteiger partial charge >= 0.3 is 0 Å².